The van der Waals surface area contributed by atoms with Crippen molar-refractivity contribution in [3.63, 3.8) is 0 Å². The van der Waals surface area contributed by atoms with Crippen molar-refractivity contribution in [3.8, 4) is 0 Å². The van der Waals surface area contributed by atoms with Gasteiger partial charge in [-0.3, -0.25) is 4.79 Å². The molecule has 1 atom stereocenters. The van der Waals surface area contributed by atoms with Gasteiger partial charge < -0.3 is 5.32 Å². The fraction of sp³-hybridized carbons (Fsp3) is 0.235. The van der Waals surface area contributed by atoms with E-state index in [-0.39, 0.29) is 5.91 Å². The van der Waals surface area contributed by atoms with Crippen molar-refractivity contribution in [2.75, 3.05) is 5.32 Å². The minimum atomic E-state index is -0.0562. The summed E-state index contributed by atoms with van der Waals surface area (Å²) in [4.78, 5) is 12.3. The number of nitrogens with one attached hydrogen (secondary N) is 1. The van der Waals surface area contributed by atoms with Crippen LogP contribution in [0.4, 0.5) is 5.69 Å². The van der Waals surface area contributed by atoms with E-state index in [0.717, 1.165) is 15.7 Å². The Bertz CT molecular complexity index is 609. The molecule has 0 spiro atoms. The maximum absolute atomic E-state index is 12.3. The van der Waals surface area contributed by atoms with Gasteiger partial charge in [0.05, 0.1) is 0 Å². The lowest BCUT2D eigenvalue weighted by molar-refractivity contribution is 0.102. The molecule has 3 heteroatoms. The van der Waals surface area contributed by atoms with Crippen LogP contribution in [0.1, 0.15) is 42.1 Å². The minimum absolute atomic E-state index is 0.0562. The van der Waals surface area contributed by atoms with E-state index in [2.05, 4.69) is 47.8 Å². The Labute approximate surface area is 133 Å². The highest BCUT2D eigenvalue weighted by molar-refractivity contribution is 14.1. The first-order valence-corrected chi connectivity index (χ1v) is 7.85. The highest BCUT2D eigenvalue weighted by Gasteiger charge is 2.12. The lowest BCUT2D eigenvalue weighted by Gasteiger charge is -2.15. The second-order valence-corrected chi connectivity index (χ2v) is 6.11. The molecule has 104 valence electrons. The molecule has 2 nitrogen and oxygen atoms in total. The van der Waals surface area contributed by atoms with Gasteiger partial charge in [0.15, 0.2) is 0 Å². The van der Waals surface area contributed by atoms with E-state index in [4.69, 9.17) is 0 Å². The summed E-state index contributed by atoms with van der Waals surface area (Å²) in [5.74, 6) is 0.377. The highest BCUT2D eigenvalue weighted by Crippen LogP contribution is 2.26. The Kier molecular flexibility index (Phi) is 5.17. The molecule has 2 aromatic rings. The monoisotopic (exact) mass is 379 g/mol. The standard InChI is InChI=1S/C17H18INO/c1-3-12(2)15-9-4-5-10-16(15)19-17(20)13-7-6-8-14(18)11-13/h4-12H,3H2,1-2H3,(H,19,20)/t12-/m1/s1. The van der Waals surface area contributed by atoms with Gasteiger partial charge in [-0.25, -0.2) is 0 Å². The molecular formula is C17H18INO. The molecule has 0 saturated carbocycles. The minimum Gasteiger partial charge on any atom is -0.322 e. The van der Waals surface area contributed by atoms with Gasteiger partial charge in [0.2, 0.25) is 0 Å². The zero-order valence-corrected chi connectivity index (χ0v) is 13.8. The molecule has 1 N–H and O–H groups in total. The number of anilines is 1. The van der Waals surface area contributed by atoms with E-state index in [9.17, 15) is 4.79 Å². The fourth-order valence-corrected chi connectivity index (χ4v) is 2.63. The topological polar surface area (TPSA) is 29.1 Å². The maximum Gasteiger partial charge on any atom is 0.255 e. The summed E-state index contributed by atoms with van der Waals surface area (Å²) >= 11 is 2.21. The van der Waals surface area contributed by atoms with Gasteiger partial charge in [0.25, 0.3) is 5.91 Å². The molecule has 0 aromatic heterocycles. The van der Waals surface area contributed by atoms with Crippen LogP contribution >= 0.6 is 22.6 Å². The second kappa shape index (κ2) is 6.88. The Morgan fingerprint density at radius 1 is 1.20 bits per heavy atom. The molecule has 0 fully saturated rings. The zero-order chi connectivity index (χ0) is 14.5. The third kappa shape index (κ3) is 3.60. The van der Waals surface area contributed by atoms with Gasteiger partial charge in [-0.2, -0.15) is 0 Å². The van der Waals surface area contributed by atoms with Crippen LogP contribution in [0.25, 0.3) is 0 Å². The summed E-state index contributed by atoms with van der Waals surface area (Å²) in [6, 6.07) is 15.6. The van der Waals surface area contributed by atoms with Crippen molar-refractivity contribution >= 4 is 34.2 Å². The lowest BCUT2D eigenvalue weighted by atomic mass is 9.97. The number of rotatable bonds is 4. The fourth-order valence-electron chi connectivity index (χ4n) is 2.08. The molecule has 0 heterocycles. The summed E-state index contributed by atoms with van der Waals surface area (Å²) in [7, 11) is 0. The molecule has 0 aliphatic rings. The number of carbonyl (C=O) groups is 1. The molecule has 0 bridgehead atoms. The molecule has 0 aliphatic carbocycles. The van der Waals surface area contributed by atoms with Gasteiger partial charge in [-0.05, 0) is 64.8 Å². The number of hydrogen-bond donors (Lipinski definition) is 1. The average molecular weight is 379 g/mol. The smallest absolute Gasteiger partial charge is 0.255 e. The summed E-state index contributed by atoms with van der Waals surface area (Å²) < 4.78 is 1.06. The highest BCUT2D eigenvalue weighted by atomic mass is 127. The van der Waals surface area contributed by atoms with Gasteiger partial charge in [-0.1, -0.05) is 38.1 Å². The van der Waals surface area contributed by atoms with E-state index >= 15 is 0 Å². The zero-order valence-electron chi connectivity index (χ0n) is 11.7. The Hall–Kier alpha value is -1.36. The van der Waals surface area contributed by atoms with Crippen molar-refractivity contribution in [2.24, 2.45) is 0 Å². The van der Waals surface area contributed by atoms with E-state index in [1.807, 2.05) is 42.5 Å². The number of halogens is 1. The third-order valence-corrected chi connectivity index (χ3v) is 4.11. The molecule has 0 radical (unpaired) electrons. The molecule has 2 aromatic carbocycles. The molecule has 20 heavy (non-hydrogen) atoms. The Morgan fingerprint density at radius 2 is 1.95 bits per heavy atom. The van der Waals surface area contributed by atoms with Crippen LogP contribution in [-0.4, -0.2) is 5.91 Å². The molecule has 0 saturated heterocycles. The number of para-hydroxylation sites is 1. The summed E-state index contributed by atoms with van der Waals surface area (Å²) in [6.45, 7) is 4.33. The van der Waals surface area contributed by atoms with Crippen molar-refractivity contribution in [1.82, 2.24) is 0 Å². The van der Waals surface area contributed by atoms with Crippen molar-refractivity contribution in [2.45, 2.75) is 26.2 Å². The number of amides is 1. The maximum atomic E-state index is 12.3. The first-order chi connectivity index (χ1) is 9.61. The Balaban J connectivity index is 2.24. The van der Waals surface area contributed by atoms with E-state index in [1.165, 1.54) is 5.56 Å². The molecular weight excluding hydrogens is 361 g/mol. The Morgan fingerprint density at radius 3 is 2.65 bits per heavy atom. The number of hydrogen-bond acceptors (Lipinski definition) is 1. The predicted molar refractivity (Wildman–Crippen MR) is 92.3 cm³/mol. The largest absolute Gasteiger partial charge is 0.322 e. The molecule has 0 unspecified atom stereocenters. The number of benzene rings is 2. The van der Waals surface area contributed by atoms with Gasteiger partial charge >= 0.3 is 0 Å². The van der Waals surface area contributed by atoms with Gasteiger partial charge in [-0.15, -0.1) is 0 Å². The summed E-state index contributed by atoms with van der Waals surface area (Å²) in [6.07, 6.45) is 1.05. The molecule has 1 amide bonds. The molecule has 0 aliphatic heterocycles. The molecule has 2 rings (SSSR count). The van der Waals surface area contributed by atoms with Crippen molar-refractivity contribution in [3.05, 3.63) is 63.2 Å². The van der Waals surface area contributed by atoms with Crippen LogP contribution in [0.3, 0.4) is 0 Å². The number of carbonyl (C=O) groups excluding carboxylic acids is 1. The third-order valence-electron chi connectivity index (χ3n) is 3.44. The average Bonchev–Trinajstić information content (AvgIpc) is 2.47. The van der Waals surface area contributed by atoms with Crippen LogP contribution in [-0.2, 0) is 0 Å². The van der Waals surface area contributed by atoms with Crippen molar-refractivity contribution < 1.29 is 4.79 Å². The van der Waals surface area contributed by atoms with E-state index in [1.54, 1.807) is 0 Å². The summed E-state index contributed by atoms with van der Waals surface area (Å²) in [5, 5.41) is 3.03. The first-order valence-electron chi connectivity index (χ1n) is 6.77. The normalized spacial score (nSPS) is 11.9. The van der Waals surface area contributed by atoms with Crippen LogP contribution < -0.4 is 5.32 Å². The SMILES string of the molecule is CC[C@@H](C)c1ccccc1NC(=O)c1cccc(I)c1. The summed E-state index contributed by atoms with van der Waals surface area (Å²) in [5.41, 5.74) is 2.79. The van der Waals surface area contributed by atoms with Crippen LogP contribution in [0, 0.1) is 3.57 Å². The van der Waals surface area contributed by atoms with Crippen LogP contribution in [0.5, 0.6) is 0 Å². The van der Waals surface area contributed by atoms with Crippen LogP contribution in [0.2, 0.25) is 0 Å². The van der Waals surface area contributed by atoms with Crippen LogP contribution in [0.15, 0.2) is 48.5 Å². The predicted octanol–water partition coefficient (Wildman–Crippen LogP) is 5.06. The first kappa shape index (κ1) is 15.0. The van der Waals surface area contributed by atoms with Gasteiger partial charge in [0, 0.05) is 14.8 Å². The quantitative estimate of drug-likeness (QED) is 0.740. The lowest BCUT2D eigenvalue weighted by Crippen LogP contribution is -2.14. The van der Waals surface area contributed by atoms with E-state index in [0.29, 0.717) is 11.5 Å². The van der Waals surface area contributed by atoms with E-state index < -0.39 is 0 Å². The second-order valence-electron chi connectivity index (χ2n) is 4.86. The van der Waals surface area contributed by atoms with Gasteiger partial charge in [0.1, 0.15) is 0 Å². The van der Waals surface area contributed by atoms with Crippen molar-refractivity contribution in [1.29, 1.82) is 0 Å².